The van der Waals surface area contributed by atoms with E-state index in [4.69, 9.17) is 4.52 Å². The second-order valence-corrected chi connectivity index (χ2v) is 6.83. The van der Waals surface area contributed by atoms with Gasteiger partial charge in [-0.2, -0.15) is 4.98 Å². The van der Waals surface area contributed by atoms with Gasteiger partial charge >= 0.3 is 11.8 Å². The van der Waals surface area contributed by atoms with E-state index in [1.54, 1.807) is 12.3 Å². The van der Waals surface area contributed by atoms with Crippen LogP contribution in [0, 0.1) is 11.6 Å². The van der Waals surface area contributed by atoms with Crippen molar-refractivity contribution in [1.29, 1.82) is 0 Å². The molecule has 9 heteroatoms. The van der Waals surface area contributed by atoms with Gasteiger partial charge in [0.2, 0.25) is 5.82 Å². The third-order valence-electron chi connectivity index (χ3n) is 4.68. The van der Waals surface area contributed by atoms with E-state index in [0.717, 1.165) is 49.9 Å². The first-order valence-corrected chi connectivity index (χ1v) is 9.37. The highest BCUT2D eigenvalue weighted by Crippen LogP contribution is 2.23. The predicted octanol–water partition coefficient (Wildman–Crippen LogP) is 3.33. The molecule has 1 N–H and O–H groups in total. The summed E-state index contributed by atoms with van der Waals surface area (Å²) in [7, 11) is 0. The molecule has 3 heterocycles. The molecule has 29 heavy (non-hydrogen) atoms. The van der Waals surface area contributed by atoms with Crippen molar-refractivity contribution < 1.29 is 18.1 Å². The van der Waals surface area contributed by atoms with Gasteiger partial charge in [0.05, 0.1) is 0 Å². The summed E-state index contributed by atoms with van der Waals surface area (Å²) in [6.07, 6.45) is 5.16. The number of benzene rings is 1. The van der Waals surface area contributed by atoms with E-state index in [0.29, 0.717) is 5.56 Å². The van der Waals surface area contributed by atoms with Gasteiger partial charge in [-0.3, -0.25) is 4.79 Å². The zero-order valence-electron chi connectivity index (χ0n) is 15.6. The smallest absolute Gasteiger partial charge is 0.316 e. The fourth-order valence-corrected chi connectivity index (χ4v) is 3.26. The SMILES string of the molecule is O=C(NCc1cc(F)cc(F)c1)c1nc(-c2ccnc(N3CCCCC3)c2)no1. The highest BCUT2D eigenvalue weighted by atomic mass is 19.1. The van der Waals surface area contributed by atoms with E-state index in [-0.39, 0.29) is 23.8 Å². The minimum atomic E-state index is -0.712. The van der Waals surface area contributed by atoms with Crippen LogP contribution in [0.3, 0.4) is 0 Å². The molecule has 1 aliphatic heterocycles. The van der Waals surface area contributed by atoms with Crippen molar-refractivity contribution in [2.45, 2.75) is 25.8 Å². The Morgan fingerprint density at radius 3 is 2.62 bits per heavy atom. The summed E-state index contributed by atoms with van der Waals surface area (Å²) in [5, 5.41) is 6.37. The van der Waals surface area contributed by atoms with Gasteiger partial charge in [-0.1, -0.05) is 5.16 Å². The molecule has 7 nitrogen and oxygen atoms in total. The van der Waals surface area contributed by atoms with Crippen LogP contribution in [-0.2, 0) is 6.54 Å². The number of aromatic nitrogens is 3. The number of carbonyl (C=O) groups is 1. The summed E-state index contributed by atoms with van der Waals surface area (Å²) in [6, 6.07) is 6.66. The molecule has 0 atom stereocenters. The maximum absolute atomic E-state index is 13.2. The number of hydrogen-bond donors (Lipinski definition) is 1. The number of pyridine rings is 1. The van der Waals surface area contributed by atoms with Crippen molar-refractivity contribution in [2.75, 3.05) is 18.0 Å². The number of amides is 1. The number of rotatable bonds is 5. The molecule has 1 fully saturated rings. The van der Waals surface area contributed by atoms with E-state index in [9.17, 15) is 13.6 Å². The van der Waals surface area contributed by atoms with Crippen molar-refractivity contribution >= 4 is 11.7 Å². The number of hydrogen-bond acceptors (Lipinski definition) is 6. The first-order chi connectivity index (χ1) is 14.1. The van der Waals surface area contributed by atoms with Crippen LogP contribution in [0.5, 0.6) is 0 Å². The average molecular weight is 399 g/mol. The molecule has 0 unspecified atom stereocenters. The Morgan fingerprint density at radius 2 is 1.86 bits per heavy atom. The minimum absolute atomic E-state index is 0.0698. The third kappa shape index (κ3) is 4.56. The lowest BCUT2D eigenvalue weighted by atomic mass is 10.1. The van der Waals surface area contributed by atoms with Gasteiger partial charge < -0.3 is 14.7 Å². The van der Waals surface area contributed by atoms with Crippen LogP contribution in [0.15, 0.2) is 41.1 Å². The standard InChI is InChI=1S/C20H19F2N5O2/c21-15-8-13(9-16(22)11-15)12-24-19(28)20-25-18(26-29-20)14-4-5-23-17(10-14)27-6-2-1-3-7-27/h4-5,8-11H,1-3,6-7,12H2,(H,24,28). The molecule has 2 aromatic heterocycles. The van der Waals surface area contributed by atoms with Gasteiger partial charge in [0.15, 0.2) is 0 Å². The third-order valence-corrected chi connectivity index (χ3v) is 4.68. The lowest BCUT2D eigenvalue weighted by molar-refractivity contribution is 0.0907. The summed E-state index contributed by atoms with van der Waals surface area (Å²) in [5.41, 5.74) is 0.978. The number of carbonyl (C=O) groups excluding carboxylic acids is 1. The number of halogens is 2. The molecular formula is C20H19F2N5O2. The second kappa shape index (κ2) is 8.34. The van der Waals surface area contributed by atoms with Crippen LogP contribution < -0.4 is 10.2 Å². The zero-order valence-corrected chi connectivity index (χ0v) is 15.6. The van der Waals surface area contributed by atoms with Gasteiger partial charge in [0, 0.05) is 37.5 Å². The molecule has 1 aromatic carbocycles. The van der Waals surface area contributed by atoms with E-state index in [2.05, 4.69) is 25.3 Å². The van der Waals surface area contributed by atoms with Gasteiger partial charge in [0.25, 0.3) is 0 Å². The van der Waals surface area contributed by atoms with Crippen LogP contribution in [0.1, 0.15) is 35.5 Å². The molecule has 4 rings (SSSR count). The van der Waals surface area contributed by atoms with Gasteiger partial charge in [-0.25, -0.2) is 13.8 Å². The van der Waals surface area contributed by atoms with Crippen molar-refractivity contribution in [3.05, 3.63) is 59.6 Å². The van der Waals surface area contributed by atoms with Crippen molar-refractivity contribution in [2.24, 2.45) is 0 Å². The van der Waals surface area contributed by atoms with Crippen LogP contribution in [0.25, 0.3) is 11.4 Å². The van der Waals surface area contributed by atoms with E-state index < -0.39 is 17.5 Å². The number of nitrogens with one attached hydrogen (secondary N) is 1. The van der Waals surface area contributed by atoms with Gasteiger partial charge in [-0.05, 0) is 49.1 Å². The number of piperidine rings is 1. The number of nitrogens with zero attached hydrogens (tertiary/aromatic N) is 4. The Balaban J connectivity index is 1.44. The molecule has 1 saturated heterocycles. The highest BCUT2D eigenvalue weighted by Gasteiger charge is 2.18. The fourth-order valence-electron chi connectivity index (χ4n) is 3.26. The maximum atomic E-state index is 13.2. The quantitative estimate of drug-likeness (QED) is 0.709. The molecule has 0 saturated carbocycles. The zero-order chi connectivity index (χ0) is 20.2. The summed E-state index contributed by atoms with van der Waals surface area (Å²) < 4.78 is 31.5. The molecule has 0 spiro atoms. The average Bonchev–Trinajstić information content (AvgIpc) is 3.23. The Kier molecular flexibility index (Phi) is 5.46. The Hall–Kier alpha value is -3.36. The molecule has 1 aliphatic rings. The molecule has 0 radical (unpaired) electrons. The molecule has 1 amide bonds. The summed E-state index contributed by atoms with van der Waals surface area (Å²) in [5.74, 6) is -1.17. The van der Waals surface area contributed by atoms with Crippen LogP contribution in [-0.4, -0.2) is 34.1 Å². The Morgan fingerprint density at radius 1 is 1.10 bits per heavy atom. The molecule has 3 aromatic rings. The predicted molar refractivity (Wildman–Crippen MR) is 101 cm³/mol. The maximum Gasteiger partial charge on any atom is 0.316 e. The molecular weight excluding hydrogens is 380 g/mol. The summed E-state index contributed by atoms with van der Waals surface area (Å²) in [6.45, 7) is 1.84. The van der Waals surface area contributed by atoms with Crippen molar-refractivity contribution in [3.63, 3.8) is 0 Å². The summed E-state index contributed by atoms with van der Waals surface area (Å²) in [4.78, 5) is 23.0. The van der Waals surface area contributed by atoms with Crippen LogP contribution >= 0.6 is 0 Å². The van der Waals surface area contributed by atoms with Crippen molar-refractivity contribution in [1.82, 2.24) is 20.4 Å². The molecule has 150 valence electrons. The topological polar surface area (TPSA) is 84.2 Å². The first kappa shape index (κ1) is 19.0. The lowest BCUT2D eigenvalue weighted by Crippen LogP contribution is -2.30. The fraction of sp³-hybridized carbons (Fsp3) is 0.300. The van der Waals surface area contributed by atoms with Crippen LogP contribution in [0.4, 0.5) is 14.6 Å². The first-order valence-electron chi connectivity index (χ1n) is 9.37. The monoisotopic (exact) mass is 399 g/mol. The molecule has 0 bridgehead atoms. The van der Waals surface area contributed by atoms with E-state index >= 15 is 0 Å². The van der Waals surface area contributed by atoms with Gasteiger partial charge in [0.1, 0.15) is 17.5 Å². The minimum Gasteiger partial charge on any atom is -0.357 e. The van der Waals surface area contributed by atoms with E-state index in [1.165, 1.54) is 6.42 Å². The second-order valence-electron chi connectivity index (χ2n) is 6.83. The van der Waals surface area contributed by atoms with Crippen LogP contribution in [0.2, 0.25) is 0 Å². The largest absolute Gasteiger partial charge is 0.357 e. The lowest BCUT2D eigenvalue weighted by Gasteiger charge is -2.27. The molecule has 0 aliphatic carbocycles. The number of anilines is 1. The van der Waals surface area contributed by atoms with E-state index in [1.807, 2.05) is 6.07 Å². The Bertz CT molecular complexity index is 997. The summed E-state index contributed by atoms with van der Waals surface area (Å²) >= 11 is 0. The van der Waals surface area contributed by atoms with Gasteiger partial charge in [-0.15, -0.1) is 0 Å². The Labute approximate surface area is 165 Å². The normalized spacial score (nSPS) is 14.1. The highest BCUT2D eigenvalue weighted by molar-refractivity contribution is 5.89. The van der Waals surface area contributed by atoms with Crippen molar-refractivity contribution in [3.8, 4) is 11.4 Å².